The number of rotatable bonds is 0. The Morgan fingerprint density at radius 1 is 1.83 bits per heavy atom. The summed E-state index contributed by atoms with van der Waals surface area (Å²) >= 11 is -1.75. The molecule has 0 rings (SSSR count). The summed E-state index contributed by atoms with van der Waals surface area (Å²) in [6.45, 7) is 0. The molecule has 0 spiro atoms. The fourth-order valence-corrected chi connectivity index (χ4v) is 0. The molecule has 6 heteroatoms. The van der Waals surface area contributed by atoms with Gasteiger partial charge in [-0.2, -0.15) is 5.90 Å². The molecule has 0 aliphatic rings. The molecule has 0 aromatic heterocycles. The van der Waals surface area contributed by atoms with Gasteiger partial charge in [-0.1, -0.05) is 0 Å². The number of hydrogen-bond donors (Lipinski definition) is 3. The monoisotopic (exact) mass is 130 g/mol. The molecule has 0 fully saturated rings. The summed E-state index contributed by atoms with van der Waals surface area (Å²) in [5.74, 6) is 3.90. The summed E-state index contributed by atoms with van der Waals surface area (Å²) in [6.07, 6.45) is 0. The Labute approximate surface area is 43.3 Å². The molecule has 0 atom stereocenters. The van der Waals surface area contributed by atoms with Crippen LogP contribution in [0, 0.1) is 0 Å². The fraction of sp³-hybridized carbons (Fsp3) is 0. The minimum absolute atomic E-state index is 1.75. The molecule has 5 nitrogen and oxygen atoms in total. The quantitative estimate of drug-likeness (QED) is 0.214. The van der Waals surface area contributed by atoms with Crippen LogP contribution in [-0.4, -0.2) is 8.95 Å². The average molecular weight is 130 g/mol. The van der Waals surface area contributed by atoms with E-state index in [0.717, 1.165) is 0 Å². The van der Waals surface area contributed by atoms with Crippen molar-refractivity contribution in [2.45, 2.75) is 0 Å². The van der Waals surface area contributed by atoms with E-state index in [1.54, 1.807) is 0 Å². The average Bonchev–Trinajstić information content (AvgIpc) is 1.39. The maximum absolute atomic E-state index is 8.61. The van der Waals surface area contributed by atoms with Crippen molar-refractivity contribution in [1.29, 1.82) is 0 Å². The second-order valence-corrected chi connectivity index (χ2v) is 0.482. The van der Waals surface area contributed by atoms with E-state index >= 15 is 0 Å². The molecule has 0 bridgehead atoms. The molecule has 6 heavy (non-hydrogen) atoms. The standard InChI is InChI=1S/H3NO2.H2O.O.Ti/c1-3-2;;;/h2H,1H2;1H2;;/q;;;+1/p-1. The van der Waals surface area contributed by atoms with Crippen LogP contribution in [0.2, 0.25) is 0 Å². The SMILES string of the molecule is NOO.[O]=[Ti][OH]. The van der Waals surface area contributed by atoms with Crippen LogP contribution in [0.25, 0.3) is 0 Å². The van der Waals surface area contributed by atoms with Gasteiger partial charge in [-0.25, -0.2) is 5.26 Å². The Hall–Kier alpha value is 0.354. The molecule has 37 valence electrons. The van der Waals surface area contributed by atoms with Crippen molar-refractivity contribution in [2.24, 2.45) is 5.90 Å². The van der Waals surface area contributed by atoms with Crippen molar-refractivity contribution in [2.75, 3.05) is 0 Å². The van der Waals surface area contributed by atoms with Gasteiger partial charge in [0, 0.05) is 0 Å². The molecule has 0 aromatic carbocycles. The van der Waals surface area contributed by atoms with E-state index in [1.807, 2.05) is 0 Å². The van der Waals surface area contributed by atoms with Gasteiger partial charge < -0.3 is 0 Å². The Morgan fingerprint density at radius 2 is 1.83 bits per heavy atom. The van der Waals surface area contributed by atoms with Crippen molar-refractivity contribution in [1.82, 2.24) is 0 Å². The molecule has 0 amide bonds. The summed E-state index contributed by atoms with van der Waals surface area (Å²) in [5.41, 5.74) is 0. The van der Waals surface area contributed by atoms with Crippen molar-refractivity contribution >= 4 is 0 Å². The minimum atomic E-state index is -1.75. The molecule has 0 unspecified atom stereocenters. The summed E-state index contributed by atoms with van der Waals surface area (Å²) in [5, 5.41) is 6.85. The predicted octanol–water partition coefficient (Wildman–Crippen LogP) is -1.33. The zero-order valence-corrected chi connectivity index (χ0v) is 4.35. The summed E-state index contributed by atoms with van der Waals surface area (Å²) in [6, 6.07) is 0. The van der Waals surface area contributed by atoms with Crippen molar-refractivity contribution in [3.8, 4) is 0 Å². The first kappa shape index (κ1) is 9.61. The van der Waals surface area contributed by atoms with E-state index in [1.165, 1.54) is 0 Å². The van der Waals surface area contributed by atoms with Crippen molar-refractivity contribution in [3.05, 3.63) is 0 Å². The predicted molar refractivity (Wildman–Crippen MR) is 10.8 cm³/mol. The molecule has 0 aliphatic carbocycles. The molecule has 0 radical (unpaired) electrons. The Morgan fingerprint density at radius 3 is 1.83 bits per heavy atom. The van der Waals surface area contributed by atoms with Crippen LogP contribution in [0.5, 0.6) is 0 Å². The van der Waals surface area contributed by atoms with Crippen LogP contribution >= 0.6 is 0 Å². The number of nitrogens with two attached hydrogens (primary N) is 1. The van der Waals surface area contributed by atoms with E-state index in [4.69, 9.17) is 12.3 Å². The summed E-state index contributed by atoms with van der Waals surface area (Å²) < 4.78 is 15.8. The zero-order chi connectivity index (χ0) is 5.41. The van der Waals surface area contributed by atoms with Gasteiger partial charge in [-0.15, -0.1) is 4.99 Å². The molecule has 0 saturated carbocycles. The molecular weight excluding hydrogens is 126 g/mol. The van der Waals surface area contributed by atoms with Crippen LogP contribution in [-0.2, 0) is 27.8 Å². The van der Waals surface area contributed by atoms with E-state index < -0.39 is 19.5 Å². The molecular formula is H4NO4Ti. The first-order valence-electron chi connectivity index (χ1n) is 0.846. The van der Waals surface area contributed by atoms with Crippen molar-refractivity contribution < 1.29 is 36.8 Å². The van der Waals surface area contributed by atoms with Gasteiger partial charge in [0.05, 0.1) is 0 Å². The Bertz CT molecular complexity index is 21.5. The van der Waals surface area contributed by atoms with Crippen LogP contribution < -0.4 is 5.90 Å². The van der Waals surface area contributed by atoms with Gasteiger partial charge in [-0.05, 0) is 0 Å². The third-order valence-electron chi connectivity index (χ3n) is 0. The maximum atomic E-state index is 8.61. The van der Waals surface area contributed by atoms with Gasteiger partial charge in [0.1, 0.15) is 0 Å². The normalized spacial score (nSPS) is 4.50. The molecule has 0 aliphatic heterocycles. The third kappa shape index (κ3) is 390. The fourth-order valence-electron chi connectivity index (χ4n) is 0. The Kier molecular flexibility index (Phi) is 29.3. The van der Waals surface area contributed by atoms with Crippen LogP contribution in [0.3, 0.4) is 0 Å². The first-order valence-corrected chi connectivity index (χ1v) is 2.18. The number of hydrogen-bond acceptors (Lipinski definition) is 4. The van der Waals surface area contributed by atoms with E-state index in [9.17, 15) is 0 Å². The van der Waals surface area contributed by atoms with E-state index in [-0.39, 0.29) is 0 Å². The molecule has 4 N–H and O–H groups in total. The summed E-state index contributed by atoms with van der Waals surface area (Å²) in [7, 11) is 0. The third-order valence-corrected chi connectivity index (χ3v) is 0. The van der Waals surface area contributed by atoms with Gasteiger partial charge in [0.15, 0.2) is 0 Å². The van der Waals surface area contributed by atoms with Gasteiger partial charge in [0.2, 0.25) is 0 Å². The van der Waals surface area contributed by atoms with Crippen molar-refractivity contribution in [3.63, 3.8) is 0 Å². The molecule has 0 saturated heterocycles. The molecule has 0 heterocycles. The van der Waals surface area contributed by atoms with Crippen LogP contribution in [0.4, 0.5) is 0 Å². The first-order chi connectivity index (χ1) is 2.83. The van der Waals surface area contributed by atoms with E-state index in [0.29, 0.717) is 0 Å². The summed E-state index contributed by atoms with van der Waals surface area (Å²) in [4.78, 5) is 2.75. The van der Waals surface area contributed by atoms with Gasteiger partial charge in [-0.3, -0.25) is 0 Å². The Balaban J connectivity index is 0. The second kappa shape index (κ2) is 18.3. The second-order valence-electron chi connectivity index (χ2n) is 0.197. The zero-order valence-electron chi connectivity index (χ0n) is 2.79. The van der Waals surface area contributed by atoms with Gasteiger partial charge in [0.25, 0.3) is 0 Å². The van der Waals surface area contributed by atoms with E-state index in [2.05, 4.69) is 10.9 Å². The van der Waals surface area contributed by atoms with Crippen LogP contribution in [0.15, 0.2) is 0 Å². The van der Waals surface area contributed by atoms with Gasteiger partial charge >= 0.3 is 26.5 Å². The van der Waals surface area contributed by atoms with Crippen LogP contribution in [0.1, 0.15) is 0 Å². The topological polar surface area (TPSA) is 92.8 Å². The molecule has 0 aromatic rings.